The van der Waals surface area contributed by atoms with Gasteiger partial charge in [0.1, 0.15) is 0 Å². The van der Waals surface area contributed by atoms with Gasteiger partial charge in [-0.2, -0.15) is 0 Å². The molecule has 1 aliphatic rings. The molecule has 0 radical (unpaired) electrons. The molecule has 0 saturated heterocycles. The first kappa shape index (κ1) is 17.0. The molecule has 1 fully saturated rings. The molecular weight excluding hydrogens is 296 g/mol. The molecule has 2 rings (SSSR count). The Bertz CT molecular complexity index is 580. The third-order valence-electron chi connectivity index (χ3n) is 3.78. The maximum absolute atomic E-state index is 12.0. The molecule has 1 saturated carbocycles. The summed E-state index contributed by atoms with van der Waals surface area (Å²) < 4.78 is 4.90. The van der Waals surface area contributed by atoms with Gasteiger partial charge in [-0.25, -0.2) is 4.79 Å². The number of amides is 2. The highest BCUT2D eigenvalue weighted by Crippen LogP contribution is 2.17. The van der Waals surface area contributed by atoms with Gasteiger partial charge in [-0.15, -0.1) is 0 Å². The number of rotatable bonds is 4. The fourth-order valence-corrected chi connectivity index (χ4v) is 2.62. The van der Waals surface area contributed by atoms with E-state index >= 15 is 0 Å². The molecule has 1 aromatic rings. The highest BCUT2D eigenvalue weighted by molar-refractivity contribution is 6.39. The zero-order chi connectivity index (χ0) is 16.7. The number of hydrogen-bond acceptors (Lipinski definition) is 4. The van der Waals surface area contributed by atoms with E-state index in [1.807, 2.05) is 0 Å². The van der Waals surface area contributed by atoms with Crippen molar-refractivity contribution >= 4 is 23.5 Å². The molecule has 0 aromatic heterocycles. The summed E-state index contributed by atoms with van der Waals surface area (Å²) in [6.45, 7) is 2.00. The summed E-state index contributed by atoms with van der Waals surface area (Å²) in [5.41, 5.74) is 0.719. The second kappa shape index (κ2) is 8.31. The summed E-state index contributed by atoms with van der Waals surface area (Å²) in [6, 6.07) is 6.41. The van der Waals surface area contributed by atoms with Crippen molar-refractivity contribution in [2.45, 2.75) is 45.1 Å². The molecule has 0 atom stereocenters. The van der Waals surface area contributed by atoms with Crippen LogP contribution < -0.4 is 10.6 Å². The Labute approximate surface area is 135 Å². The molecule has 23 heavy (non-hydrogen) atoms. The lowest BCUT2D eigenvalue weighted by atomic mass is 9.95. The van der Waals surface area contributed by atoms with Crippen LogP contribution in [-0.2, 0) is 14.3 Å². The average molecular weight is 318 g/mol. The van der Waals surface area contributed by atoms with E-state index < -0.39 is 17.8 Å². The van der Waals surface area contributed by atoms with E-state index in [1.165, 1.54) is 12.5 Å². The standard InChI is InChI=1S/C17H22N2O4/c1-2-23-17(22)12-7-6-10-14(11-12)19-16(21)15(20)18-13-8-4-3-5-9-13/h6-7,10-11,13H,2-5,8-9H2,1H3,(H,18,20)(H,19,21). The molecule has 0 bridgehead atoms. The molecule has 0 heterocycles. The van der Waals surface area contributed by atoms with Crippen LogP contribution in [0.15, 0.2) is 24.3 Å². The van der Waals surface area contributed by atoms with Gasteiger partial charge in [0, 0.05) is 11.7 Å². The number of esters is 1. The number of ether oxygens (including phenoxy) is 1. The first-order valence-electron chi connectivity index (χ1n) is 7.99. The van der Waals surface area contributed by atoms with Gasteiger partial charge in [-0.1, -0.05) is 25.3 Å². The van der Waals surface area contributed by atoms with Crippen LogP contribution in [0.3, 0.4) is 0 Å². The number of nitrogens with one attached hydrogen (secondary N) is 2. The number of carbonyl (C=O) groups is 3. The van der Waals surface area contributed by atoms with Gasteiger partial charge in [0.05, 0.1) is 12.2 Å². The molecular formula is C17H22N2O4. The molecule has 6 nitrogen and oxygen atoms in total. The Balaban J connectivity index is 1.92. The van der Waals surface area contributed by atoms with Gasteiger partial charge in [-0.3, -0.25) is 9.59 Å². The quantitative estimate of drug-likeness (QED) is 0.659. The summed E-state index contributed by atoms with van der Waals surface area (Å²) in [5.74, 6) is -1.83. The minimum atomic E-state index is -0.725. The zero-order valence-electron chi connectivity index (χ0n) is 13.3. The summed E-state index contributed by atoms with van der Waals surface area (Å²) >= 11 is 0. The van der Waals surface area contributed by atoms with E-state index in [4.69, 9.17) is 4.74 Å². The second-order valence-electron chi connectivity index (χ2n) is 5.56. The molecule has 6 heteroatoms. The van der Waals surface area contributed by atoms with Crippen molar-refractivity contribution < 1.29 is 19.1 Å². The third kappa shape index (κ3) is 5.09. The van der Waals surface area contributed by atoms with Crippen LogP contribution in [0.4, 0.5) is 5.69 Å². The number of carbonyl (C=O) groups excluding carboxylic acids is 3. The lowest BCUT2D eigenvalue weighted by Crippen LogP contribution is -2.42. The smallest absolute Gasteiger partial charge is 0.338 e. The van der Waals surface area contributed by atoms with Gasteiger partial charge in [0.2, 0.25) is 0 Å². The molecule has 1 aliphatic carbocycles. The molecule has 0 spiro atoms. The Morgan fingerprint density at radius 2 is 1.87 bits per heavy atom. The van der Waals surface area contributed by atoms with Crippen LogP contribution in [0.2, 0.25) is 0 Å². The van der Waals surface area contributed by atoms with E-state index in [2.05, 4.69) is 10.6 Å². The molecule has 2 amide bonds. The highest BCUT2D eigenvalue weighted by Gasteiger charge is 2.20. The van der Waals surface area contributed by atoms with Crippen LogP contribution in [-0.4, -0.2) is 30.4 Å². The summed E-state index contributed by atoms with van der Waals surface area (Å²) in [6.07, 6.45) is 5.16. The summed E-state index contributed by atoms with van der Waals surface area (Å²) in [7, 11) is 0. The Kier molecular flexibility index (Phi) is 6.14. The average Bonchev–Trinajstić information content (AvgIpc) is 2.56. The van der Waals surface area contributed by atoms with E-state index in [-0.39, 0.29) is 12.6 Å². The fraction of sp³-hybridized carbons (Fsp3) is 0.471. The monoisotopic (exact) mass is 318 g/mol. The predicted molar refractivity (Wildman–Crippen MR) is 86.0 cm³/mol. The van der Waals surface area contributed by atoms with Crippen molar-refractivity contribution in [1.82, 2.24) is 5.32 Å². The van der Waals surface area contributed by atoms with Crippen molar-refractivity contribution in [3.8, 4) is 0 Å². The normalized spacial score (nSPS) is 14.8. The fourth-order valence-electron chi connectivity index (χ4n) is 2.62. The van der Waals surface area contributed by atoms with Crippen LogP contribution in [0, 0.1) is 0 Å². The van der Waals surface area contributed by atoms with E-state index in [0.29, 0.717) is 11.3 Å². The Hall–Kier alpha value is -2.37. The van der Waals surface area contributed by atoms with Crippen molar-refractivity contribution in [3.05, 3.63) is 29.8 Å². The van der Waals surface area contributed by atoms with Crippen LogP contribution in [0.25, 0.3) is 0 Å². The number of hydrogen-bond donors (Lipinski definition) is 2. The van der Waals surface area contributed by atoms with E-state index in [9.17, 15) is 14.4 Å². The predicted octanol–water partition coefficient (Wildman–Crippen LogP) is 2.25. The molecule has 0 aliphatic heterocycles. The topological polar surface area (TPSA) is 84.5 Å². The maximum atomic E-state index is 12.0. The van der Waals surface area contributed by atoms with Gasteiger partial charge in [0.15, 0.2) is 0 Å². The van der Waals surface area contributed by atoms with Gasteiger partial charge < -0.3 is 15.4 Å². The van der Waals surface area contributed by atoms with Crippen molar-refractivity contribution in [3.63, 3.8) is 0 Å². The zero-order valence-corrected chi connectivity index (χ0v) is 13.3. The van der Waals surface area contributed by atoms with Crippen LogP contribution in [0.5, 0.6) is 0 Å². The molecule has 2 N–H and O–H groups in total. The van der Waals surface area contributed by atoms with Gasteiger partial charge in [0.25, 0.3) is 0 Å². The molecule has 0 unspecified atom stereocenters. The maximum Gasteiger partial charge on any atom is 0.338 e. The Morgan fingerprint density at radius 3 is 2.57 bits per heavy atom. The summed E-state index contributed by atoms with van der Waals surface area (Å²) in [4.78, 5) is 35.5. The minimum absolute atomic E-state index is 0.0767. The second-order valence-corrected chi connectivity index (χ2v) is 5.56. The van der Waals surface area contributed by atoms with E-state index in [1.54, 1.807) is 25.1 Å². The molecule has 124 valence electrons. The lowest BCUT2D eigenvalue weighted by molar-refractivity contribution is -0.136. The minimum Gasteiger partial charge on any atom is -0.462 e. The molecule has 1 aromatic carbocycles. The first-order valence-corrected chi connectivity index (χ1v) is 7.99. The third-order valence-corrected chi connectivity index (χ3v) is 3.78. The van der Waals surface area contributed by atoms with Crippen molar-refractivity contribution in [2.75, 3.05) is 11.9 Å². The first-order chi connectivity index (χ1) is 11.1. The van der Waals surface area contributed by atoms with Gasteiger partial charge >= 0.3 is 17.8 Å². The highest BCUT2D eigenvalue weighted by atomic mass is 16.5. The summed E-state index contributed by atoms with van der Waals surface area (Å²) in [5, 5.41) is 5.26. The number of anilines is 1. The Morgan fingerprint density at radius 1 is 1.13 bits per heavy atom. The number of benzene rings is 1. The van der Waals surface area contributed by atoms with Crippen LogP contribution in [0.1, 0.15) is 49.4 Å². The van der Waals surface area contributed by atoms with Crippen molar-refractivity contribution in [2.24, 2.45) is 0 Å². The van der Waals surface area contributed by atoms with Crippen LogP contribution >= 0.6 is 0 Å². The lowest BCUT2D eigenvalue weighted by Gasteiger charge is -2.22. The van der Waals surface area contributed by atoms with Crippen molar-refractivity contribution in [1.29, 1.82) is 0 Å². The van der Waals surface area contributed by atoms with E-state index in [0.717, 1.165) is 25.7 Å². The van der Waals surface area contributed by atoms with Gasteiger partial charge in [-0.05, 0) is 38.0 Å². The largest absolute Gasteiger partial charge is 0.462 e. The SMILES string of the molecule is CCOC(=O)c1cccc(NC(=O)C(=O)NC2CCCCC2)c1.